The lowest BCUT2D eigenvalue weighted by Crippen LogP contribution is -2.26. The molecular formula is C15H22N2. The molecule has 0 spiro atoms. The number of hydrogen-bond donors (Lipinski definition) is 1. The maximum Gasteiger partial charge on any atom is 0.0570 e. The second-order valence-electron chi connectivity index (χ2n) is 5.83. The van der Waals surface area contributed by atoms with Crippen LogP contribution in [0.5, 0.6) is 0 Å². The smallest absolute Gasteiger partial charge is 0.0570 e. The standard InChI is InChI=1S/C15H22N2/c1-11-3-2-6-17-15(11)10-16-9-14-8-12-4-5-13(14)7-12/h2-3,6,12-14,16H,4-5,7-10H2,1H3. The Morgan fingerprint density at radius 2 is 2.29 bits per heavy atom. The first-order chi connectivity index (χ1) is 8.33. The fraction of sp³-hybridized carbons (Fsp3) is 0.667. The van der Waals surface area contributed by atoms with Crippen LogP contribution < -0.4 is 5.32 Å². The van der Waals surface area contributed by atoms with Gasteiger partial charge in [0, 0.05) is 12.7 Å². The lowest BCUT2D eigenvalue weighted by atomic mass is 9.89. The summed E-state index contributed by atoms with van der Waals surface area (Å²) in [4.78, 5) is 4.43. The van der Waals surface area contributed by atoms with E-state index in [0.717, 1.165) is 24.3 Å². The minimum Gasteiger partial charge on any atom is -0.311 e. The van der Waals surface area contributed by atoms with E-state index in [-0.39, 0.29) is 0 Å². The highest BCUT2D eigenvalue weighted by molar-refractivity contribution is 5.17. The van der Waals surface area contributed by atoms with Crippen LogP contribution in [0.1, 0.15) is 36.9 Å². The third-order valence-electron chi connectivity index (χ3n) is 4.70. The molecule has 1 heterocycles. The lowest BCUT2D eigenvalue weighted by Gasteiger charge is -2.21. The molecule has 2 aliphatic rings. The molecule has 0 aromatic carbocycles. The lowest BCUT2D eigenvalue weighted by molar-refractivity contribution is 0.318. The molecule has 0 aliphatic heterocycles. The zero-order valence-corrected chi connectivity index (χ0v) is 10.7. The van der Waals surface area contributed by atoms with E-state index in [1.165, 1.54) is 43.5 Å². The van der Waals surface area contributed by atoms with Crippen LogP contribution in [0.4, 0.5) is 0 Å². The zero-order valence-electron chi connectivity index (χ0n) is 10.7. The molecule has 3 rings (SSSR count). The Morgan fingerprint density at radius 1 is 1.35 bits per heavy atom. The number of rotatable bonds is 4. The van der Waals surface area contributed by atoms with E-state index in [9.17, 15) is 0 Å². The SMILES string of the molecule is Cc1cccnc1CNCC1CC2CCC1C2. The first-order valence-electron chi connectivity index (χ1n) is 6.94. The topological polar surface area (TPSA) is 24.9 Å². The van der Waals surface area contributed by atoms with Crippen LogP contribution in [0.3, 0.4) is 0 Å². The van der Waals surface area contributed by atoms with Crippen molar-refractivity contribution >= 4 is 0 Å². The van der Waals surface area contributed by atoms with Crippen molar-refractivity contribution < 1.29 is 0 Å². The van der Waals surface area contributed by atoms with E-state index in [4.69, 9.17) is 0 Å². The average molecular weight is 230 g/mol. The van der Waals surface area contributed by atoms with Gasteiger partial charge in [0.1, 0.15) is 0 Å². The quantitative estimate of drug-likeness (QED) is 0.860. The summed E-state index contributed by atoms with van der Waals surface area (Å²) in [6.45, 7) is 4.26. The first-order valence-corrected chi connectivity index (χ1v) is 6.94. The second kappa shape index (κ2) is 4.77. The van der Waals surface area contributed by atoms with Gasteiger partial charge in [-0.05, 0) is 62.1 Å². The predicted octanol–water partition coefficient (Wildman–Crippen LogP) is 2.92. The van der Waals surface area contributed by atoms with Crippen LogP contribution in [0.15, 0.2) is 18.3 Å². The molecule has 3 atom stereocenters. The number of nitrogens with one attached hydrogen (secondary N) is 1. The molecule has 2 bridgehead atoms. The van der Waals surface area contributed by atoms with Crippen LogP contribution in [-0.2, 0) is 6.54 Å². The molecule has 1 aromatic rings. The van der Waals surface area contributed by atoms with Gasteiger partial charge < -0.3 is 5.32 Å². The Morgan fingerprint density at radius 3 is 3.00 bits per heavy atom. The van der Waals surface area contributed by atoms with Crippen molar-refractivity contribution in [3.63, 3.8) is 0 Å². The number of hydrogen-bond acceptors (Lipinski definition) is 2. The van der Waals surface area contributed by atoms with Gasteiger partial charge in [-0.2, -0.15) is 0 Å². The number of aryl methyl sites for hydroxylation is 1. The number of fused-ring (bicyclic) bond motifs is 2. The van der Waals surface area contributed by atoms with Crippen LogP contribution in [0, 0.1) is 24.7 Å². The van der Waals surface area contributed by atoms with Crippen LogP contribution >= 0.6 is 0 Å². The van der Waals surface area contributed by atoms with E-state index in [0.29, 0.717) is 0 Å². The van der Waals surface area contributed by atoms with Crippen molar-refractivity contribution in [2.75, 3.05) is 6.54 Å². The van der Waals surface area contributed by atoms with E-state index in [2.05, 4.69) is 23.3 Å². The van der Waals surface area contributed by atoms with Crippen molar-refractivity contribution in [2.24, 2.45) is 17.8 Å². The van der Waals surface area contributed by atoms with Crippen molar-refractivity contribution in [2.45, 2.75) is 39.2 Å². The predicted molar refractivity (Wildman–Crippen MR) is 69.6 cm³/mol. The second-order valence-corrected chi connectivity index (χ2v) is 5.83. The fourth-order valence-corrected chi connectivity index (χ4v) is 3.71. The van der Waals surface area contributed by atoms with Gasteiger partial charge in [-0.1, -0.05) is 12.5 Å². The summed E-state index contributed by atoms with van der Waals surface area (Å²) in [7, 11) is 0. The minimum absolute atomic E-state index is 0.931. The van der Waals surface area contributed by atoms with Crippen LogP contribution in [0.2, 0.25) is 0 Å². The van der Waals surface area contributed by atoms with Crippen LogP contribution in [0.25, 0.3) is 0 Å². The van der Waals surface area contributed by atoms with Crippen LogP contribution in [-0.4, -0.2) is 11.5 Å². The van der Waals surface area contributed by atoms with Gasteiger partial charge in [0.2, 0.25) is 0 Å². The van der Waals surface area contributed by atoms with Gasteiger partial charge in [-0.25, -0.2) is 0 Å². The summed E-state index contributed by atoms with van der Waals surface area (Å²) < 4.78 is 0. The van der Waals surface area contributed by atoms with Crippen molar-refractivity contribution in [1.82, 2.24) is 10.3 Å². The molecule has 0 amide bonds. The van der Waals surface area contributed by atoms with E-state index < -0.39 is 0 Å². The highest BCUT2D eigenvalue weighted by Gasteiger charge is 2.38. The molecule has 1 N–H and O–H groups in total. The normalized spacial score (nSPS) is 31.0. The van der Waals surface area contributed by atoms with Gasteiger partial charge in [0.25, 0.3) is 0 Å². The first kappa shape index (κ1) is 11.2. The summed E-state index contributed by atoms with van der Waals surface area (Å²) >= 11 is 0. The Bertz CT molecular complexity index is 388. The molecule has 0 saturated heterocycles. The molecule has 2 aliphatic carbocycles. The van der Waals surface area contributed by atoms with Gasteiger partial charge >= 0.3 is 0 Å². The highest BCUT2D eigenvalue weighted by Crippen LogP contribution is 2.47. The van der Waals surface area contributed by atoms with E-state index >= 15 is 0 Å². The zero-order chi connectivity index (χ0) is 11.7. The molecule has 0 radical (unpaired) electrons. The van der Waals surface area contributed by atoms with Gasteiger partial charge in [-0.15, -0.1) is 0 Å². The molecule has 3 unspecified atom stereocenters. The molecular weight excluding hydrogens is 208 g/mol. The summed E-state index contributed by atoms with van der Waals surface area (Å²) in [6, 6.07) is 4.15. The van der Waals surface area contributed by atoms with Gasteiger partial charge in [0.15, 0.2) is 0 Å². The maximum atomic E-state index is 4.43. The summed E-state index contributed by atoms with van der Waals surface area (Å²) in [5, 5.41) is 3.61. The number of nitrogens with zero attached hydrogens (tertiary/aromatic N) is 1. The molecule has 1 aromatic heterocycles. The van der Waals surface area contributed by atoms with E-state index in [1.54, 1.807) is 0 Å². The van der Waals surface area contributed by atoms with Crippen molar-refractivity contribution in [1.29, 1.82) is 0 Å². The Labute approximate surface area is 104 Å². The van der Waals surface area contributed by atoms with Crippen molar-refractivity contribution in [3.8, 4) is 0 Å². The average Bonchev–Trinajstić information content (AvgIpc) is 2.94. The fourth-order valence-electron chi connectivity index (χ4n) is 3.71. The Balaban J connectivity index is 1.48. The van der Waals surface area contributed by atoms with E-state index in [1.807, 2.05) is 12.3 Å². The Kier molecular flexibility index (Phi) is 3.15. The third kappa shape index (κ3) is 2.37. The number of aromatic nitrogens is 1. The van der Waals surface area contributed by atoms with Gasteiger partial charge in [0.05, 0.1) is 5.69 Å². The highest BCUT2D eigenvalue weighted by atomic mass is 14.9. The number of pyridine rings is 1. The summed E-state index contributed by atoms with van der Waals surface area (Å²) in [5.74, 6) is 3.03. The largest absolute Gasteiger partial charge is 0.311 e. The Hall–Kier alpha value is -0.890. The third-order valence-corrected chi connectivity index (χ3v) is 4.70. The molecule has 2 saturated carbocycles. The molecule has 2 heteroatoms. The monoisotopic (exact) mass is 230 g/mol. The molecule has 2 nitrogen and oxygen atoms in total. The molecule has 17 heavy (non-hydrogen) atoms. The van der Waals surface area contributed by atoms with Crippen molar-refractivity contribution in [3.05, 3.63) is 29.6 Å². The maximum absolute atomic E-state index is 4.43. The van der Waals surface area contributed by atoms with Gasteiger partial charge in [-0.3, -0.25) is 4.98 Å². The summed E-state index contributed by atoms with van der Waals surface area (Å²) in [6.07, 6.45) is 7.86. The molecule has 92 valence electrons. The molecule has 2 fully saturated rings. The summed E-state index contributed by atoms with van der Waals surface area (Å²) in [5.41, 5.74) is 2.50. The minimum atomic E-state index is 0.931.